The first-order valence-electron chi connectivity index (χ1n) is 14.5. The quantitative estimate of drug-likeness (QED) is 0.325. The van der Waals surface area contributed by atoms with Gasteiger partial charge in [-0.25, -0.2) is 11.6 Å². The molecule has 3 aromatic heterocycles. The number of likely N-dealkylation sites (N-methyl/N-ethyl adjacent to an activating group) is 1. The molecule has 2 fully saturated rings. The summed E-state index contributed by atoms with van der Waals surface area (Å²) in [5.74, 6) is 0.569. The molecule has 10 heteroatoms. The number of aromatic nitrogens is 4. The van der Waals surface area contributed by atoms with E-state index in [1.165, 1.54) is 30.0 Å². The van der Waals surface area contributed by atoms with Crippen molar-refractivity contribution in [2.75, 3.05) is 51.3 Å². The van der Waals surface area contributed by atoms with Crippen molar-refractivity contribution in [1.29, 1.82) is 0 Å². The number of fused-ring (bicyclic) bond motifs is 2. The van der Waals surface area contributed by atoms with Gasteiger partial charge in [-0.15, -0.1) is 0 Å². The van der Waals surface area contributed by atoms with Crippen molar-refractivity contribution in [2.24, 2.45) is 0 Å². The van der Waals surface area contributed by atoms with E-state index in [2.05, 4.69) is 33.3 Å². The average Bonchev–Trinajstić information content (AvgIpc) is 3.43. The summed E-state index contributed by atoms with van der Waals surface area (Å²) >= 11 is 0. The van der Waals surface area contributed by atoms with Gasteiger partial charge in [-0.1, -0.05) is 6.58 Å². The third-order valence-corrected chi connectivity index (χ3v) is 8.68. The maximum atomic E-state index is 12.5. The van der Waals surface area contributed by atoms with Crippen LogP contribution in [-0.4, -0.2) is 94.1 Å². The molecule has 5 heterocycles. The number of anilines is 1. The second-order valence-electron chi connectivity index (χ2n) is 11.2. The number of rotatable bonds is 7. The highest BCUT2D eigenvalue weighted by Gasteiger charge is 2.33. The van der Waals surface area contributed by atoms with Crippen LogP contribution in [-0.2, 0) is 17.6 Å². The summed E-state index contributed by atoms with van der Waals surface area (Å²) in [6, 6.07) is 4.44. The molecule has 0 bridgehead atoms. The minimum atomic E-state index is -0.262. The lowest BCUT2D eigenvalue weighted by Crippen LogP contribution is -2.56. The summed E-state index contributed by atoms with van der Waals surface area (Å²) in [5.41, 5.74) is 5.12. The Morgan fingerprint density at radius 3 is 2.80 bits per heavy atom. The van der Waals surface area contributed by atoms with Gasteiger partial charge < -0.3 is 24.3 Å². The number of carbonyl (C=O) groups excluding carboxylic acids is 1. The van der Waals surface area contributed by atoms with Gasteiger partial charge in [-0.05, 0) is 81.5 Å². The molecular formula is C31H36N8O2. The topological polar surface area (TPSA) is 91.9 Å². The Labute approximate surface area is 240 Å². The summed E-state index contributed by atoms with van der Waals surface area (Å²) in [6.45, 7) is 14.4. The number of ether oxygens (including phenoxy) is 1. The van der Waals surface area contributed by atoms with Crippen LogP contribution in [0.3, 0.4) is 0 Å². The predicted molar refractivity (Wildman–Crippen MR) is 158 cm³/mol. The molecule has 0 saturated carbocycles. The van der Waals surface area contributed by atoms with E-state index < -0.39 is 0 Å². The minimum absolute atomic E-state index is 0.151. The number of amides is 1. The Hall–Kier alpha value is -4.10. The van der Waals surface area contributed by atoms with E-state index in [9.17, 15) is 4.79 Å². The van der Waals surface area contributed by atoms with E-state index in [1.807, 2.05) is 24.5 Å². The summed E-state index contributed by atoms with van der Waals surface area (Å²) in [7, 11) is 2.12. The molecule has 0 aromatic carbocycles. The third kappa shape index (κ3) is 5.46. The zero-order valence-electron chi connectivity index (χ0n) is 23.6. The lowest BCUT2D eigenvalue weighted by atomic mass is 9.89. The first-order valence-corrected chi connectivity index (χ1v) is 14.5. The Bertz CT molecular complexity index is 1500. The Balaban J connectivity index is 1.38. The number of piperazine rings is 1. The molecule has 0 unspecified atom stereocenters. The number of pyridine rings is 2. The first-order chi connectivity index (χ1) is 20.1. The normalized spacial score (nSPS) is 21.0. The minimum Gasteiger partial charge on any atom is -0.462 e. The predicted octanol–water partition coefficient (Wildman–Crippen LogP) is 3.56. The zero-order chi connectivity index (χ0) is 28.3. The van der Waals surface area contributed by atoms with Crippen molar-refractivity contribution < 1.29 is 9.53 Å². The molecule has 10 nitrogen and oxygen atoms in total. The molecule has 3 aromatic rings. The number of aryl methyl sites for hydroxylation is 1. The number of carbonyl (C=O) groups is 1. The highest BCUT2D eigenvalue weighted by atomic mass is 16.5. The van der Waals surface area contributed by atoms with E-state index in [0.717, 1.165) is 54.7 Å². The van der Waals surface area contributed by atoms with Gasteiger partial charge in [-0.3, -0.25) is 9.78 Å². The number of hydrogen-bond acceptors (Lipinski definition) is 8. The molecule has 0 spiro atoms. The van der Waals surface area contributed by atoms with Gasteiger partial charge in [0.2, 0.25) is 12.5 Å². The van der Waals surface area contributed by atoms with Crippen LogP contribution in [0.4, 0.5) is 5.82 Å². The van der Waals surface area contributed by atoms with Crippen molar-refractivity contribution >= 4 is 22.8 Å². The second-order valence-corrected chi connectivity index (χ2v) is 11.2. The number of likely N-dealkylation sites (tertiary alicyclic amines) is 1. The summed E-state index contributed by atoms with van der Waals surface area (Å²) in [6.07, 6.45) is 11.9. The number of hydrogen-bond donors (Lipinski definition) is 0. The zero-order valence-corrected chi connectivity index (χ0v) is 23.6. The van der Waals surface area contributed by atoms with E-state index >= 15 is 0 Å². The monoisotopic (exact) mass is 552 g/mol. The largest absolute Gasteiger partial charge is 0.462 e. The molecule has 2 atom stereocenters. The molecule has 2 saturated heterocycles. The third-order valence-electron chi connectivity index (χ3n) is 8.68. The van der Waals surface area contributed by atoms with Gasteiger partial charge >= 0.3 is 6.01 Å². The van der Waals surface area contributed by atoms with Crippen molar-refractivity contribution in [3.8, 4) is 17.3 Å². The van der Waals surface area contributed by atoms with E-state index in [0.29, 0.717) is 43.9 Å². The van der Waals surface area contributed by atoms with Crippen molar-refractivity contribution in [3.05, 3.63) is 59.7 Å². The van der Waals surface area contributed by atoms with Crippen LogP contribution in [0.25, 0.3) is 27.1 Å². The van der Waals surface area contributed by atoms with Crippen LogP contribution < -0.4 is 9.64 Å². The second kappa shape index (κ2) is 11.8. The average molecular weight is 553 g/mol. The van der Waals surface area contributed by atoms with E-state index in [-0.39, 0.29) is 18.5 Å². The van der Waals surface area contributed by atoms with Crippen LogP contribution in [0.1, 0.15) is 36.8 Å². The lowest BCUT2D eigenvalue weighted by molar-refractivity contribution is -0.128. The van der Waals surface area contributed by atoms with Crippen LogP contribution in [0, 0.1) is 6.57 Å². The Morgan fingerprint density at radius 2 is 2.00 bits per heavy atom. The fourth-order valence-electron chi connectivity index (χ4n) is 6.39. The highest BCUT2D eigenvalue weighted by Crippen LogP contribution is 2.33. The number of nitrogens with zero attached hydrogens (tertiary/aromatic N) is 8. The summed E-state index contributed by atoms with van der Waals surface area (Å²) in [4.78, 5) is 41.5. The molecule has 41 heavy (non-hydrogen) atoms. The van der Waals surface area contributed by atoms with Gasteiger partial charge in [0, 0.05) is 43.6 Å². The van der Waals surface area contributed by atoms with E-state index in [4.69, 9.17) is 26.3 Å². The standard InChI is InChI=1S/C31H36N8O2/c1-4-28(40)39-15-14-38(19-23(39)17-32-2)30-25-11-12-27(26-18-33-16-21-8-5-6-10-24(21)26)34-29(25)35-31(36-30)41-20-22-9-7-13-37(22)3/h4,11-12,16,18,22-23H,1,5-10,13-15,17,19-20H2,3H3/t22-,23-/m0/s1. The molecule has 2 aliphatic heterocycles. The first kappa shape index (κ1) is 27.1. The summed E-state index contributed by atoms with van der Waals surface area (Å²) < 4.78 is 6.22. The van der Waals surface area contributed by atoms with Crippen LogP contribution >= 0.6 is 0 Å². The van der Waals surface area contributed by atoms with Gasteiger partial charge in [0.05, 0.1) is 11.1 Å². The van der Waals surface area contributed by atoms with Gasteiger partial charge in [0.25, 0.3) is 0 Å². The smallest absolute Gasteiger partial charge is 0.320 e. The lowest BCUT2D eigenvalue weighted by Gasteiger charge is -2.39. The van der Waals surface area contributed by atoms with Crippen molar-refractivity contribution in [3.63, 3.8) is 0 Å². The Kier molecular flexibility index (Phi) is 7.79. The maximum Gasteiger partial charge on any atom is 0.320 e. The molecule has 3 aliphatic rings. The summed E-state index contributed by atoms with van der Waals surface area (Å²) in [5, 5.41) is 0.821. The SMILES string of the molecule is [C-]#[N+]C[C@H]1CN(c2nc(OC[C@@H]3CCCN3C)nc3nc(-c4cncc5c4CCCC5)ccc23)CCN1C(=O)C=C. The fourth-order valence-corrected chi connectivity index (χ4v) is 6.39. The Morgan fingerprint density at radius 1 is 1.12 bits per heavy atom. The van der Waals surface area contributed by atoms with E-state index in [1.54, 1.807) is 4.90 Å². The van der Waals surface area contributed by atoms with Crippen LogP contribution in [0.2, 0.25) is 0 Å². The highest BCUT2D eigenvalue weighted by molar-refractivity contribution is 5.90. The molecule has 0 radical (unpaired) electrons. The van der Waals surface area contributed by atoms with Crippen LogP contribution in [0.15, 0.2) is 37.2 Å². The van der Waals surface area contributed by atoms with Gasteiger partial charge in [0.15, 0.2) is 5.65 Å². The van der Waals surface area contributed by atoms with Gasteiger partial charge in [-0.2, -0.15) is 9.97 Å². The van der Waals surface area contributed by atoms with Crippen molar-refractivity contribution in [2.45, 2.75) is 50.6 Å². The molecule has 1 aliphatic carbocycles. The molecule has 0 N–H and O–H groups in total. The molecular weight excluding hydrogens is 516 g/mol. The fraction of sp³-hybridized carbons (Fsp3) is 0.484. The van der Waals surface area contributed by atoms with Gasteiger partial charge in [0.1, 0.15) is 18.5 Å². The molecule has 212 valence electrons. The molecule has 6 rings (SSSR count). The maximum absolute atomic E-state index is 12.5. The van der Waals surface area contributed by atoms with Crippen molar-refractivity contribution in [1.82, 2.24) is 29.7 Å². The molecule has 1 amide bonds. The van der Waals surface area contributed by atoms with Crippen LogP contribution in [0.5, 0.6) is 6.01 Å².